The molecular formula is C22H16N4O4S. The number of benzene rings is 3. The number of nitrogens with one attached hydrogen (secondary N) is 1. The van der Waals surface area contributed by atoms with Crippen LogP contribution in [0.1, 0.15) is 5.56 Å². The molecule has 0 unspecified atom stereocenters. The molecule has 31 heavy (non-hydrogen) atoms. The number of rotatable bonds is 4. The average Bonchev–Trinajstić information content (AvgIpc) is 3.17. The van der Waals surface area contributed by atoms with Gasteiger partial charge in [-0.3, -0.25) is 4.72 Å². The summed E-state index contributed by atoms with van der Waals surface area (Å²) < 4.78 is 34.7. The van der Waals surface area contributed by atoms with Crippen molar-refractivity contribution in [3.05, 3.63) is 88.8 Å². The molecule has 9 heteroatoms. The molecule has 0 radical (unpaired) electrons. The molecule has 0 fully saturated rings. The normalized spacial score (nSPS) is 11.8. The fraction of sp³-hybridized carbons (Fsp3) is 0.0455. The van der Waals surface area contributed by atoms with Crippen LogP contribution in [0.3, 0.4) is 0 Å². The van der Waals surface area contributed by atoms with E-state index in [1.54, 1.807) is 36.4 Å². The first-order chi connectivity index (χ1) is 14.9. The van der Waals surface area contributed by atoms with Gasteiger partial charge in [-0.25, -0.2) is 17.9 Å². The summed E-state index contributed by atoms with van der Waals surface area (Å²) in [5.41, 5.74) is 2.44. The zero-order valence-corrected chi connectivity index (χ0v) is 17.1. The van der Waals surface area contributed by atoms with Gasteiger partial charge in [0.1, 0.15) is 11.1 Å². The van der Waals surface area contributed by atoms with Gasteiger partial charge < -0.3 is 4.42 Å². The van der Waals surface area contributed by atoms with Gasteiger partial charge in [0.05, 0.1) is 16.1 Å². The number of nitrogens with zero attached hydrogens (tertiary/aromatic N) is 3. The lowest BCUT2D eigenvalue weighted by molar-refractivity contribution is 0.552. The number of fused-ring (bicyclic) bond motifs is 2. The van der Waals surface area contributed by atoms with Crippen LogP contribution >= 0.6 is 0 Å². The number of para-hydroxylation sites is 1. The van der Waals surface area contributed by atoms with E-state index in [0.29, 0.717) is 16.4 Å². The highest BCUT2D eigenvalue weighted by Crippen LogP contribution is 2.23. The molecule has 2 aromatic heterocycles. The molecule has 0 saturated heterocycles. The van der Waals surface area contributed by atoms with E-state index in [2.05, 4.69) is 15.0 Å². The second-order valence-corrected chi connectivity index (χ2v) is 8.76. The zero-order chi connectivity index (χ0) is 21.6. The molecule has 5 aromatic rings. The highest BCUT2D eigenvalue weighted by atomic mass is 32.2. The molecule has 8 nitrogen and oxygen atoms in total. The van der Waals surface area contributed by atoms with E-state index in [1.807, 2.05) is 25.1 Å². The zero-order valence-electron chi connectivity index (χ0n) is 16.3. The molecule has 0 spiro atoms. The summed E-state index contributed by atoms with van der Waals surface area (Å²) in [4.78, 5) is 12.8. The first kappa shape index (κ1) is 19.0. The van der Waals surface area contributed by atoms with Gasteiger partial charge in [0.2, 0.25) is 0 Å². The van der Waals surface area contributed by atoms with Crippen LogP contribution in [0.25, 0.3) is 27.7 Å². The Hall–Kier alpha value is -3.98. The molecule has 3 aromatic carbocycles. The van der Waals surface area contributed by atoms with E-state index < -0.39 is 15.6 Å². The molecular weight excluding hydrogens is 416 g/mol. The topological polar surface area (TPSA) is 107 Å². The standard InChI is InChI=1S/C22H16N4O4S/c1-14-6-10-17(11-7-14)31(28,29)24-16-9-8-15-12-20(22(27)30-21(15)13-16)26-19-5-3-2-4-18(19)23-25-26/h2-13,24H,1H3. The Kier molecular flexibility index (Phi) is 4.33. The van der Waals surface area contributed by atoms with Crippen molar-refractivity contribution < 1.29 is 12.8 Å². The second kappa shape index (κ2) is 7.06. The van der Waals surface area contributed by atoms with E-state index in [9.17, 15) is 13.2 Å². The van der Waals surface area contributed by atoms with Gasteiger partial charge in [-0.05, 0) is 49.4 Å². The molecule has 0 bridgehead atoms. The molecule has 2 heterocycles. The van der Waals surface area contributed by atoms with Crippen molar-refractivity contribution in [3.63, 3.8) is 0 Å². The molecule has 0 aliphatic heterocycles. The van der Waals surface area contributed by atoms with Crippen molar-refractivity contribution in [1.29, 1.82) is 0 Å². The van der Waals surface area contributed by atoms with E-state index in [-0.39, 0.29) is 21.9 Å². The molecule has 1 N–H and O–H groups in total. The van der Waals surface area contributed by atoms with Gasteiger partial charge in [0.15, 0.2) is 5.69 Å². The number of hydrogen-bond acceptors (Lipinski definition) is 6. The fourth-order valence-electron chi connectivity index (χ4n) is 3.29. The van der Waals surface area contributed by atoms with Crippen molar-refractivity contribution in [2.45, 2.75) is 11.8 Å². The Bertz CT molecular complexity index is 1600. The Balaban J connectivity index is 1.53. The maximum atomic E-state index is 12.6. The van der Waals surface area contributed by atoms with E-state index in [1.165, 1.54) is 22.9 Å². The lowest BCUT2D eigenvalue weighted by atomic mass is 10.2. The largest absolute Gasteiger partial charge is 0.421 e. The van der Waals surface area contributed by atoms with Crippen molar-refractivity contribution in [3.8, 4) is 5.69 Å². The smallest absolute Gasteiger partial charge is 0.362 e. The predicted molar refractivity (Wildman–Crippen MR) is 117 cm³/mol. The minimum Gasteiger partial charge on any atom is -0.421 e. The van der Waals surface area contributed by atoms with Crippen LogP contribution in [0, 0.1) is 6.92 Å². The van der Waals surface area contributed by atoms with Crippen LogP contribution in [0.5, 0.6) is 0 Å². The molecule has 0 amide bonds. The highest BCUT2D eigenvalue weighted by molar-refractivity contribution is 7.92. The van der Waals surface area contributed by atoms with Gasteiger partial charge >= 0.3 is 5.63 Å². The molecule has 0 atom stereocenters. The Morgan fingerprint density at radius 3 is 2.55 bits per heavy atom. The lowest BCUT2D eigenvalue weighted by Crippen LogP contribution is -2.13. The number of aryl methyl sites for hydroxylation is 1. The van der Waals surface area contributed by atoms with Crippen LogP contribution in [0.4, 0.5) is 5.69 Å². The summed E-state index contributed by atoms with van der Waals surface area (Å²) in [5.74, 6) is 0. The van der Waals surface area contributed by atoms with Gasteiger partial charge in [-0.2, -0.15) is 0 Å². The second-order valence-electron chi connectivity index (χ2n) is 7.08. The first-order valence-electron chi connectivity index (χ1n) is 9.39. The lowest BCUT2D eigenvalue weighted by Gasteiger charge is -2.09. The van der Waals surface area contributed by atoms with E-state index in [4.69, 9.17) is 4.42 Å². The number of aromatic nitrogens is 3. The van der Waals surface area contributed by atoms with Gasteiger partial charge in [0, 0.05) is 11.5 Å². The van der Waals surface area contributed by atoms with Crippen LogP contribution in [0.15, 0.2) is 86.9 Å². The number of hydrogen-bond donors (Lipinski definition) is 1. The van der Waals surface area contributed by atoms with Crippen molar-refractivity contribution >= 4 is 37.7 Å². The summed E-state index contributed by atoms with van der Waals surface area (Å²) in [5, 5.41) is 8.73. The third-order valence-electron chi connectivity index (χ3n) is 4.88. The van der Waals surface area contributed by atoms with Gasteiger partial charge in [-0.1, -0.05) is 35.0 Å². The number of sulfonamides is 1. The van der Waals surface area contributed by atoms with Crippen LogP contribution < -0.4 is 10.3 Å². The minimum atomic E-state index is -3.77. The maximum absolute atomic E-state index is 12.6. The quantitative estimate of drug-likeness (QED) is 0.435. The average molecular weight is 432 g/mol. The summed E-state index contributed by atoms with van der Waals surface area (Å²) >= 11 is 0. The minimum absolute atomic E-state index is 0.146. The molecule has 0 aliphatic carbocycles. The predicted octanol–water partition coefficient (Wildman–Crippen LogP) is 3.64. The van der Waals surface area contributed by atoms with E-state index in [0.717, 1.165) is 5.56 Å². The Labute approximate surface area is 176 Å². The summed E-state index contributed by atoms with van der Waals surface area (Å²) in [6, 6.07) is 20.2. The van der Waals surface area contributed by atoms with Crippen molar-refractivity contribution in [2.75, 3.05) is 4.72 Å². The summed E-state index contributed by atoms with van der Waals surface area (Å²) in [6.45, 7) is 1.88. The number of anilines is 1. The third-order valence-corrected chi connectivity index (χ3v) is 6.28. The molecule has 5 rings (SSSR count). The third kappa shape index (κ3) is 3.44. The van der Waals surface area contributed by atoms with E-state index >= 15 is 0 Å². The van der Waals surface area contributed by atoms with Crippen molar-refractivity contribution in [2.24, 2.45) is 0 Å². The van der Waals surface area contributed by atoms with Crippen LogP contribution in [-0.4, -0.2) is 23.4 Å². The molecule has 154 valence electrons. The SMILES string of the molecule is Cc1ccc(S(=O)(=O)Nc2ccc3cc(-n4nnc5ccccc54)c(=O)oc3c2)cc1. The monoisotopic (exact) mass is 432 g/mol. The first-order valence-corrected chi connectivity index (χ1v) is 10.9. The Morgan fingerprint density at radius 1 is 0.968 bits per heavy atom. The van der Waals surface area contributed by atoms with Gasteiger partial charge in [-0.15, -0.1) is 5.10 Å². The van der Waals surface area contributed by atoms with Gasteiger partial charge in [0.25, 0.3) is 10.0 Å². The Morgan fingerprint density at radius 2 is 1.74 bits per heavy atom. The molecule has 0 saturated carbocycles. The highest BCUT2D eigenvalue weighted by Gasteiger charge is 2.16. The fourth-order valence-corrected chi connectivity index (χ4v) is 4.34. The van der Waals surface area contributed by atoms with Crippen molar-refractivity contribution in [1.82, 2.24) is 15.0 Å². The summed E-state index contributed by atoms with van der Waals surface area (Å²) in [7, 11) is -3.77. The van der Waals surface area contributed by atoms with Crippen LogP contribution in [-0.2, 0) is 10.0 Å². The maximum Gasteiger partial charge on any atom is 0.362 e. The molecule has 0 aliphatic rings. The van der Waals surface area contributed by atoms with Crippen LogP contribution in [0.2, 0.25) is 0 Å². The summed E-state index contributed by atoms with van der Waals surface area (Å²) in [6.07, 6.45) is 0.